The number of ether oxygens (including phenoxy) is 1. The predicted molar refractivity (Wildman–Crippen MR) is 96.2 cm³/mol. The lowest BCUT2D eigenvalue weighted by Gasteiger charge is -2.30. The molecule has 1 aromatic carbocycles. The van der Waals surface area contributed by atoms with Crippen molar-refractivity contribution >= 4 is 26.4 Å². The van der Waals surface area contributed by atoms with Crippen molar-refractivity contribution in [1.82, 2.24) is 25.3 Å². The maximum Gasteiger partial charge on any atom is 0.453 e. The topological polar surface area (TPSA) is 195 Å². The highest BCUT2D eigenvalue weighted by Gasteiger charge is 2.34. The van der Waals surface area contributed by atoms with E-state index >= 15 is 0 Å². The van der Waals surface area contributed by atoms with Gasteiger partial charge in [0.15, 0.2) is 12.2 Å². The first kappa shape index (κ1) is 21.2. The van der Waals surface area contributed by atoms with Crippen LogP contribution in [0.5, 0.6) is 0 Å². The van der Waals surface area contributed by atoms with Crippen molar-refractivity contribution in [2.45, 2.75) is 26.2 Å². The van der Waals surface area contributed by atoms with E-state index in [0.29, 0.717) is 15.9 Å². The molecule has 2 aromatic rings. The first-order valence-electron chi connectivity index (χ1n) is 7.93. The molecule has 0 radical (unpaired) electrons. The first-order valence-corrected chi connectivity index (χ1v) is 8.70. The summed E-state index contributed by atoms with van der Waals surface area (Å²) in [5, 5.41) is 22.3. The summed E-state index contributed by atoms with van der Waals surface area (Å²) < 4.78 is 18.1. The van der Waals surface area contributed by atoms with Gasteiger partial charge in [0.1, 0.15) is 6.10 Å². The van der Waals surface area contributed by atoms with Gasteiger partial charge in [-0.2, -0.15) is 15.1 Å². The fourth-order valence-electron chi connectivity index (χ4n) is 2.34. The van der Waals surface area contributed by atoms with Crippen molar-refractivity contribution in [3.8, 4) is 0 Å². The monoisotopic (exact) mass is 410 g/mol. The largest absolute Gasteiger partial charge is 0.453 e. The number of hydrogen-bond donors (Lipinski definition) is 4. The van der Waals surface area contributed by atoms with E-state index in [0.717, 1.165) is 0 Å². The molecule has 2 rings (SSSR count). The van der Waals surface area contributed by atoms with Gasteiger partial charge in [-0.3, -0.25) is 4.89 Å². The standard InChI is InChI=1S/C14H19N8O5P/c1-7(2)12(22(28-25)14(23)27-24)26-10(11-18-20-21-19-11)8-4-3-5-9(6-8)17-13(15)16/h3-7,10,12,24H,1-2H3,(H4,15,16,17)(H,18,19,20,21). The van der Waals surface area contributed by atoms with E-state index in [4.69, 9.17) is 21.5 Å². The Kier molecular flexibility index (Phi) is 7.32. The second kappa shape index (κ2) is 9.69. The Morgan fingerprint density at radius 3 is 2.68 bits per heavy atom. The number of aliphatic imine (C=N–C) groups is 1. The zero-order valence-corrected chi connectivity index (χ0v) is 15.9. The lowest BCUT2D eigenvalue weighted by Crippen LogP contribution is -2.40. The molecular formula is C14H19N8O5P. The third-order valence-electron chi connectivity index (χ3n) is 3.47. The molecular weight excluding hydrogens is 391 g/mol. The number of nitrogens with zero attached hydrogens (tertiary/aromatic N) is 5. The van der Waals surface area contributed by atoms with Crippen LogP contribution in [0, 0.1) is 5.92 Å². The zero-order valence-electron chi connectivity index (χ0n) is 15.0. The SMILES string of the molecule is CC(C)C(OC(c1cccc(N=C(N)N)c1)c1nn[nH]n1)N(P=O)C(=O)OO. The van der Waals surface area contributed by atoms with Crippen molar-refractivity contribution in [3.05, 3.63) is 35.7 Å². The number of tetrazole rings is 1. The summed E-state index contributed by atoms with van der Waals surface area (Å²) >= 11 is 0. The highest BCUT2D eigenvalue weighted by molar-refractivity contribution is 7.21. The molecule has 1 heterocycles. The Hall–Kier alpha value is -3.15. The summed E-state index contributed by atoms with van der Waals surface area (Å²) in [6.07, 6.45) is -3.26. The van der Waals surface area contributed by atoms with Crippen LogP contribution in [0.25, 0.3) is 0 Å². The number of nitrogens with one attached hydrogen (secondary N) is 1. The molecule has 150 valence electrons. The molecule has 0 aliphatic heterocycles. The van der Waals surface area contributed by atoms with E-state index in [9.17, 15) is 9.36 Å². The van der Waals surface area contributed by atoms with E-state index in [1.165, 1.54) is 0 Å². The highest BCUT2D eigenvalue weighted by atomic mass is 31.1. The second-order valence-corrected chi connectivity index (χ2v) is 6.43. The third-order valence-corrected chi connectivity index (χ3v) is 4.03. The van der Waals surface area contributed by atoms with Crippen LogP contribution in [0.2, 0.25) is 0 Å². The number of benzene rings is 1. The molecule has 0 spiro atoms. The summed E-state index contributed by atoms with van der Waals surface area (Å²) in [6, 6.07) is 6.68. The molecule has 14 heteroatoms. The lowest BCUT2D eigenvalue weighted by molar-refractivity contribution is -0.194. The number of aromatic nitrogens is 4. The summed E-state index contributed by atoms with van der Waals surface area (Å²) in [5.74, 6) is -0.334. The van der Waals surface area contributed by atoms with Gasteiger partial charge in [-0.25, -0.2) is 14.4 Å². The number of nitrogens with two attached hydrogens (primary N) is 2. The molecule has 1 amide bonds. The van der Waals surface area contributed by atoms with Crippen LogP contribution >= 0.6 is 8.61 Å². The average molecular weight is 410 g/mol. The maximum absolute atomic E-state index is 11.7. The molecule has 0 aliphatic rings. The minimum absolute atomic E-state index is 0.128. The number of amides is 1. The molecule has 0 saturated heterocycles. The van der Waals surface area contributed by atoms with Crippen molar-refractivity contribution in [3.63, 3.8) is 0 Å². The molecule has 2 atom stereocenters. The van der Waals surface area contributed by atoms with E-state index in [1.54, 1.807) is 38.1 Å². The van der Waals surface area contributed by atoms with Gasteiger partial charge < -0.3 is 16.2 Å². The first-order chi connectivity index (χ1) is 13.4. The van der Waals surface area contributed by atoms with E-state index < -0.39 is 27.0 Å². The summed E-state index contributed by atoms with van der Waals surface area (Å²) in [5.41, 5.74) is 11.8. The smallest absolute Gasteiger partial charge is 0.370 e. The fourth-order valence-corrected chi connectivity index (χ4v) is 2.85. The van der Waals surface area contributed by atoms with Crippen molar-refractivity contribution in [2.75, 3.05) is 0 Å². The number of carbonyl (C=O) groups is 1. The summed E-state index contributed by atoms with van der Waals surface area (Å²) in [6.45, 7) is 3.44. The van der Waals surface area contributed by atoms with Crippen LogP contribution in [0.1, 0.15) is 31.3 Å². The molecule has 6 N–H and O–H groups in total. The molecule has 0 bridgehead atoms. The van der Waals surface area contributed by atoms with Crippen molar-refractivity contribution in [1.29, 1.82) is 0 Å². The minimum atomic E-state index is -1.25. The molecule has 0 fully saturated rings. The summed E-state index contributed by atoms with van der Waals surface area (Å²) in [4.78, 5) is 19.4. The van der Waals surface area contributed by atoms with Crippen LogP contribution in [0.15, 0.2) is 29.3 Å². The predicted octanol–water partition coefficient (Wildman–Crippen LogP) is 1.31. The van der Waals surface area contributed by atoms with Crippen LogP contribution < -0.4 is 11.5 Å². The van der Waals surface area contributed by atoms with Gasteiger partial charge in [0.25, 0.3) is 8.61 Å². The van der Waals surface area contributed by atoms with Crippen LogP contribution in [0.3, 0.4) is 0 Å². The molecule has 2 unspecified atom stereocenters. The van der Waals surface area contributed by atoms with Gasteiger partial charge in [0, 0.05) is 0 Å². The Morgan fingerprint density at radius 1 is 1.39 bits per heavy atom. The average Bonchev–Trinajstić information content (AvgIpc) is 3.18. The molecule has 0 aliphatic carbocycles. The van der Waals surface area contributed by atoms with E-state index in [-0.39, 0.29) is 17.7 Å². The van der Waals surface area contributed by atoms with Gasteiger partial charge in [0.05, 0.1) is 5.69 Å². The Labute approximate surface area is 160 Å². The van der Waals surface area contributed by atoms with Crippen molar-refractivity contribution < 1.29 is 24.2 Å². The molecule has 13 nitrogen and oxygen atoms in total. The van der Waals surface area contributed by atoms with Gasteiger partial charge in [-0.15, -0.1) is 10.2 Å². The number of rotatable bonds is 8. The lowest BCUT2D eigenvalue weighted by atomic mass is 10.1. The van der Waals surface area contributed by atoms with E-state index in [2.05, 4.69) is 30.5 Å². The Morgan fingerprint density at radius 2 is 2.14 bits per heavy atom. The minimum Gasteiger partial charge on any atom is -0.370 e. The van der Waals surface area contributed by atoms with Crippen molar-refractivity contribution in [2.24, 2.45) is 22.4 Å². The number of guanidine groups is 1. The Bertz CT molecular complexity index is 827. The number of H-pyrrole nitrogens is 1. The number of hydrogen-bond acceptors (Lipinski definition) is 9. The van der Waals surface area contributed by atoms with Crippen LogP contribution in [-0.4, -0.2) is 48.8 Å². The van der Waals surface area contributed by atoms with Gasteiger partial charge in [-0.05, 0) is 23.6 Å². The number of aromatic amines is 1. The van der Waals surface area contributed by atoms with Gasteiger partial charge in [0.2, 0.25) is 5.82 Å². The molecule has 0 saturated carbocycles. The van der Waals surface area contributed by atoms with E-state index in [1.807, 2.05) is 0 Å². The quantitative estimate of drug-likeness (QED) is 0.123. The third kappa shape index (κ3) is 5.19. The summed E-state index contributed by atoms with van der Waals surface area (Å²) in [7, 11) is -0.740. The highest BCUT2D eigenvalue weighted by Crippen LogP contribution is 2.32. The molecule has 28 heavy (non-hydrogen) atoms. The fraction of sp³-hybridized carbons (Fsp3) is 0.357. The Balaban J connectivity index is 2.45. The van der Waals surface area contributed by atoms with Crippen LogP contribution in [-0.2, 0) is 14.2 Å². The van der Waals surface area contributed by atoms with Gasteiger partial charge in [-0.1, -0.05) is 31.2 Å². The zero-order chi connectivity index (χ0) is 20.7. The second-order valence-electron chi connectivity index (χ2n) is 5.84. The van der Waals surface area contributed by atoms with Gasteiger partial charge >= 0.3 is 6.09 Å². The normalized spacial score (nSPS) is 13.1. The van der Waals surface area contributed by atoms with Crippen LogP contribution in [0.4, 0.5) is 10.5 Å². The maximum atomic E-state index is 11.7. The number of carbonyl (C=O) groups excluding carboxylic acids is 1. The molecule has 1 aromatic heterocycles.